The number of hydrogen-bond donors (Lipinski definition) is 0. The maximum absolute atomic E-state index is 9.36. The maximum atomic E-state index is 9.36. The van der Waals surface area contributed by atoms with E-state index in [2.05, 4.69) is 24.3 Å². The molecule has 0 N–H and O–H groups in total. The molecule has 0 bridgehead atoms. The van der Waals surface area contributed by atoms with E-state index in [4.69, 9.17) is 0 Å². The Hall–Kier alpha value is -1.80. The first-order valence-corrected chi connectivity index (χ1v) is 9.24. The van der Waals surface area contributed by atoms with Crippen molar-refractivity contribution in [1.29, 1.82) is 10.5 Å². The summed E-state index contributed by atoms with van der Waals surface area (Å²) < 4.78 is 0. The number of nitrogens with zero attached hydrogens (tertiary/aromatic N) is 2. The normalized spacial score (nSPS) is 66.9. The van der Waals surface area contributed by atoms with Gasteiger partial charge in [-0.2, -0.15) is 10.5 Å². The Morgan fingerprint density at radius 1 is 0.739 bits per heavy atom. The summed E-state index contributed by atoms with van der Waals surface area (Å²) in [5.74, 6) is 9.24. The van der Waals surface area contributed by atoms with Gasteiger partial charge in [0.1, 0.15) is 0 Å². The summed E-state index contributed by atoms with van der Waals surface area (Å²) in [6.07, 6.45) is 10.1. The smallest absolute Gasteiger partial charge is 0.0911 e. The fourth-order valence-corrected chi connectivity index (χ4v) is 9.58. The van der Waals surface area contributed by atoms with E-state index < -0.39 is 0 Å². The van der Waals surface area contributed by atoms with Crippen LogP contribution in [0, 0.1) is 93.7 Å². The Kier molecular flexibility index (Phi) is 1.70. The fraction of sp³-hybridized carbons (Fsp3) is 0.619. The molecule has 2 unspecified atom stereocenters. The second kappa shape index (κ2) is 3.34. The number of fused-ring (bicyclic) bond motifs is 2. The van der Waals surface area contributed by atoms with Crippen LogP contribution in [-0.2, 0) is 0 Å². The molecule has 7 rings (SSSR count). The van der Waals surface area contributed by atoms with Gasteiger partial charge in [0.2, 0.25) is 0 Å². The van der Waals surface area contributed by atoms with E-state index in [0.717, 1.165) is 35.5 Å². The van der Waals surface area contributed by atoms with Crippen molar-refractivity contribution in [2.75, 3.05) is 0 Å². The lowest BCUT2D eigenvalue weighted by Crippen LogP contribution is -2.21. The molecule has 0 amide bonds. The molecule has 6 fully saturated rings. The topological polar surface area (TPSA) is 47.6 Å². The van der Waals surface area contributed by atoms with Gasteiger partial charge in [0.15, 0.2) is 0 Å². The lowest BCUT2D eigenvalue weighted by molar-refractivity contribution is 0.294. The van der Waals surface area contributed by atoms with Crippen LogP contribution in [0.2, 0.25) is 0 Å². The SMILES string of the molecule is N#C/C=C1/[C@H]2[C@@H]3C4C5[C@H]2C=C[C@@H]5[C@H]2/C(=C/C#N)[C@@H]5C[C@H]1[C@H]3[C@H]5[C@H]42. The second-order valence-electron chi connectivity index (χ2n) is 9.05. The van der Waals surface area contributed by atoms with E-state index in [1.807, 2.05) is 12.2 Å². The van der Waals surface area contributed by atoms with Crippen molar-refractivity contribution in [3.63, 3.8) is 0 Å². The molecule has 112 valence electrons. The third-order valence-electron chi connectivity index (χ3n) is 9.30. The van der Waals surface area contributed by atoms with Gasteiger partial charge in [-0.3, -0.25) is 0 Å². The lowest BCUT2D eigenvalue weighted by Gasteiger charge is -2.27. The first-order valence-electron chi connectivity index (χ1n) is 9.24. The Labute approximate surface area is 136 Å². The molecule has 0 saturated heterocycles. The van der Waals surface area contributed by atoms with Gasteiger partial charge in [0, 0.05) is 12.2 Å². The van der Waals surface area contributed by atoms with Gasteiger partial charge >= 0.3 is 0 Å². The van der Waals surface area contributed by atoms with E-state index in [-0.39, 0.29) is 0 Å². The molecule has 12 atom stereocenters. The zero-order valence-corrected chi connectivity index (χ0v) is 12.8. The minimum atomic E-state index is 0.654. The van der Waals surface area contributed by atoms with Gasteiger partial charge < -0.3 is 0 Å². The van der Waals surface area contributed by atoms with Crippen LogP contribution in [0.5, 0.6) is 0 Å². The highest BCUT2D eigenvalue weighted by Crippen LogP contribution is 2.85. The van der Waals surface area contributed by atoms with E-state index in [9.17, 15) is 10.5 Å². The molecule has 0 aliphatic heterocycles. The van der Waals surface area contributed by atoms with Gasteiger partial charge in [-0.05, 0) is 77.4 Å². The minimum Gasteiger partial charge on any atom is -0.193 e. The first-order chi connectivity index (χ1) is 11.4. The number of rotatable bonds is 0. The Bertz CT molecular complexity index is 767. The lowest BCUT2D eigenvalue weighted by atomic mass is 9.76. The van der Waals surface area contributed by atoms with Crippen LogP contribution in [0.15, 0.2) is 35.5 Å². The monoisotopic (exact) mass is 298 g/mol. The molecule has 0 aromatic rings. The van der Waals surface area contributed by atoms with Crippen LogP contribution in [0.25, 0.3) is 0 Å². The van der Waals surface area contributed by atoms with E-state index >= 15 is 0 Å². The molecule has 7 aliphatic rings. The molecule has 0 spiro atoms. The van der Waals surface area contributed by atoms with Gasteiger partial charge in [-0.15, -0.1) is 0 Å². The third kappa shape index (κ3) is 0.922. The van der Waals surface area contributed by atoms with Crippen molar-refractivity contribution in [2.45, 2.75) is 6.42 Å². The standard InChI is InChI=1S/C21H18N2/c22-5-3-8-12-7-13-9(4-6-23)15-11-2-1-10-14(8)19-17(12)18(13)20(15)21(19)16(10)11/h1-4,10-21H,7H2/b8-3+,9-4+/t10-,11+,12+,13-,14-,15-,16?,17+,18+,19-,20+,21?/m1/s1. The number of allylic oxidation sites excluding steroid dienone is 6. The van der Waals surface area contributed by atoms with Gasteiger partial charge in [-0.1, -0.05) is 23.3 Å². The highest BCUT2D eigenvalue weighted by atomic mass is 14.8. The van der Waals surface area contributed by atoms with Crippen molar-refractivity contribution in [3.05, 3.63) is 35.5 Å². The van der Waals surface area contributed by atoms with Gasteiger partial charge in [0.25, 0.3) is 0 Å². The summed E-state index contributed by atoms with van der Waals surface area (Å²) in [5, 5.41) is 18.7. The average molecular weight is 298 g/mol. The molecule has 23 heavy (non-hydrogen) atoms. The summed E-state index contributed by atoms with van der Waals surface area (Å²) in [6, 6.07) is 4.76. The average Bonchev–Trinajstić information content (AvgIpc) is 3.28. The van der Waals surface area contributed by atoms with Crippen LogP contribution < -0.4 is 0 Å². The molecule has 2 nitrogen and oxygen atoms in total. The van der Waals surface area contributed by atoms with Crippen LogP contribution >= 0.6 is 0 Å². The molecule has 0 aromatic carbocycles. The van der Waals surface area contributed by atoms with Crippen molar-refractivity contribution < 1.29 is 0 Å². The highest BCUT2D eigenvalue weighted by molar-refractivity contribution is 5.47. The zero-order valence-electron chi connectivity index (χ0n) is 12.8. The third-order valence-corrected chi connectivity index (χ3v) is 9.30. The first kappa shape index (κ1) is 11.7. The Morgan fingerprint density at radius 2 is 1.26 bits per heavy atom. The molecule has 0 heterocycles. The van der Waals surface area contributed by atoms with Crippen LogP contribution in [0.4, 0.5) is 0 Å². The van der Waals surface area contributed by atoms with E-state index in [1.165, 1.54) is 17.6 Å². The molecule has 7 aliphatic carbocycles. The van der Waals surface area contributed by atoms with Crippen LogP contribution in [0.3, 0.4) is 0 Å². The van der Waals surface area contributed by atoms with Gasteiger partial charge in [0.05, 0.1) is 12.1 Å². The predicted molar refractivity (Wildman–Crippen MR) is 83.0 cm³/mol. The van der Waals surface area contributed by atoms with Gasteiger partial charge in [-0.25, -0.2) is 0 Å². The number of hydrogen-bond acceptors (Lipinski definition) is 2. The molecular weight excluding hydrogens is 280 g/mol. The summed E-state index contributed by atoms with van der Waals surface area (Å²) >= 11 is 0. The summed E-state index contributed by atoms with van der Waals surface area (Å²) in [7, 11) is 0. The van der Waals surface area contributed by atoms with Crippen molar-refractivity contribution in [2.24, 2.45) is 71.0 Å². The number of nitriles is 2. The van der Waals surface area contributed by atoms with Crippen LogP contribution in [-0.4, -0.2) is 0 Å². The van der Waals surface area contributed by atoms with Crippen LogP contribution in [0.1, 0.15) is 6.42 Å². The molecular formula is C21H18N2. The van der Waals surface area contributed by atoms with Crippen molar-refractivity contribution >= 4 is 0 Å². The minimum absolute atomic E-state index is 0.654. The fourth-order valence-electron chi connectivity index (χ4n) is 9.58. The van der Waals surface area contributed by atoms with E-state index in [0.29, 0.717) is 35.5 Å². The summed E-state index contributed by atoms with van der Waals surface area (Å²) in [5.41, 5.74) is 3.01. The highest BCUT2D eigenvalue weighted by Gasteiger charge is 2.80. The Balaban J connectivity index is 1.54. The van der Waals surface area contributed by atoms with Crippen molar-refractivity contribution in [3.8, 4) is 12.1 Å². The molecule has 2 heteroatoms. The summed E-state index contributed by atoms with van der Waals surface area (Å²) in [4.78, 5) is 0. The zero-order chi connectivity index (χ0) is 15.0. The van der Waals surface area contributed by atoms with Crippen molar-refractivity contribution in [1.82, 2.24) is 0 Å². The molecule has 6 saturated carbocycles. The Morgan fingerprint density at radius 3 is 1.74 bits per heavy atom. The quantitative estimate of drug-likeness (QED) is 0.509. The molecule has 0 radical (unpaired) electrons. The maximum Gasteiger partial charge on any atom is 0.0911 e. The largest absolute Gasteiger partial charge is 0.193 e. The second-order valence-corrected chi connectivity index (χ2v) is 9.05. The molecule has 0 aromatic heterocycles. The van der Waals surface area contributed by atoms with E-state index in [1.54, 1.807) is 0 Å². The predicted octanol–water partition coefficient (Wildman–Crippen LogP) is 3.32. The summed E-state index contributed by atoms with van der Waals surface area (Å²) in [6.45, 7) is 0.